The molecule has 7 heteroatoms. The number of nitrogens with zero attached hydrogens (tertiary/aromatic N) is 2. The number of piperidine rings is 1. The van der Waals surface area contributed by atoms with Gasteiger partial charge in [-0.1, -0.05) is 0 Å². The van der Waals surface area contributed by atoms with Gasteiger partial charge < -0.3 is 10.2 Å². The van der Waals surface area contributed by atoms with Gasteiger partial charge in [-0.2, -0.15) is 0 Å². The number of carbonyl (C=O) groups excluding carboxylic acids is 4. The fraction of sp³-hybridized carbons (Fsp3) is 0.733. The van der Waals surface area contributed by atoms with Crippen LogP contribution in [0.3, 0.4) is 0 Å². The van der Waals surface area contributed by atoms with Crippen LogP contribution >= 0.6 is 0 Å². The minimum atomic E-state index is -0.219. The zero-order chi connectivity index (χ0) is 15.9. The predicted octanol–water partition coefficient (Wildman–Crippen LogP) is -0.206. The molecule has 0 aliphatic carbocycles. The molecular formula is C15H21N3O4. The molecule has 3 aliphatic heterocycles. The zero-order valence-corrected chi connectivity index (χ0v) is 12.7. The lowest BCUT2D eigenvalue weighted by Crippen LogP contribution is -2.55. The molecule has 22 heavy (non-hydrogen) atoms. The number of imide groups is 1. The van der Waals surface area contributed by atoms with Gasteiger partial charge >= 0.3 is 0 Å². The summed E-state index contributed by atoms with van der Waals surface area (Å²) in [5.41, 5.74) is 0. The van der Waals surface area contributed by atoms with E-state index in [1.807, 2.05) is 4.90 Å². The Morgan fingerprint density at radius 2 is 1.59 bits per heavy atom. The van der Waals surface area contributed by atoms with E-state index in [1.54, 1.807) is 0 Å². The van der Waals surface area contributed by atoms with Crippen molar-refractivity contribution < 1.29 is 19.2 Å². The van der Waals surface area contributed by atoms with Crippen molar-refractivity contribution in [2.45, 2.75) is 63.6 Å². The second kappa shape index (κ2) is 5.70. The molecule has 0 spiro atoms. The summed E-state index contributed by atoms with van der Waals surface area (Å²) in [5, 5.41) is 2.54. The van der Waals surface area contributed by atoms with Crippen LogP contribution in [-0.4, -0.2) is 58.1 Å². The molecule has 1 N–H and O–H groups in total. The van der Waals surface area contributed by atoms with Crippen LogP contribution in [-0.2, 0) is 19.2 Å². The third-order valence-electron chi connectivity index (χ3n) is 4.94. The van der Waals surface area contributed by atoms with E-state index < -0.39 is 0 Å². The van der Waals surface area contributed by atoms with Crippen LogP contribution in [0, 0.1) is 0 Å². The average molecular weight is 307 g/mol. The topological polar surface area (TPSA) is 86.8 Å². The predicted molar refractivity (Wildman–Crippen MR) is 76.4 cm³/mol. The van der Waals surface area contributed by atoms with Crippen molar-refractivity contribution in [1.82, 2.24) is 15.1 Å². The standard InChI is InChI=1S/C15H21N3O4/c1-9(19)16-8-15(22)17-10-2-3-11(17)7-12(6-10)18-13(20)4-5-14(18)21/h10-12H,2-8H2,1H3,(H,16,19). The number of rotatable bonds is 3. The summed E-state index contributed by atoms with van der Waals surface area (Å²) in [7, 11) is 0. The van der Waals surface area contributed by atoms with Crippen molar-refractivity contribution in [3.63, 3.8) is 0 Å². The number of amides is 4. The molecule has 2 atom stereocenters. The van der Waals surface area contributed by atoms with E-state index in [4.69, 9.17) is 0 Å². The SMILES string of the molecule is CC(=O)NCC(=O)N1C2CCC1CC(N1C(=O)CCC1=O)C2. The fourth-order valence-electron chi connectivity index (χ4n) is 4.06. The van der Waals surface area contributed by atoms with Crippen molar-refractivity contribution >= 4 is 23.6 Å². The molecule has 0 aromatic carbocycles. The van der Waals surface area contributed by atoms with E-state index in [-0.39, 0.29) is 48.3 Å². The molecule has 0 saturated carbocycles. The van der Waals surface area contributed by atoms with Gasteiger partial charge in [-0.25, -0.2) is 0 Å². The largest absolute Gasteiger partial charge is 0.347 e. The molecule has 2 bridgehead atoms. The van der Waals surface area contributed by atoms with Gasteiger partial charge in [0, 0.05) is 37.9 Å². The fourth-order valence-corrected chi connectivity index (χ4v) is 4.06. The normalized spacial score (nSPS) is 30.9. The number of hydrogen-bond donors (Lipinski definition) is 1. The lowest BCUT2D eigenvalue weighted by Gasteiger charge is -2.41. The van der Waals surface area contributed by atoms with Crippen LogP contribution < -0.4 is 5.32 Å². The molecule has 3 rings (SSSR count). The summed E-state index contributed by atoms with van der Waals surface area (Å²) in [6.07, 6.45) is 3.78. The minimum Gasteiger partial charge on any atom is -0.347 e. The summed E-state index contributed by atoms with van der Waals surface area (Å²) in [4.78, 5) is 50.3. The number of hydrogen-bond acceptors (Lipinski definition) is 4. The first-order valence-electron chi connectivity index (χ1n) is 7.88. The summed E-state index contributed by atoms with van der Waals surface area (Å²) in [6.45, 7) is 1.41. The monoisotopic (exact) mass is 307 g/mol. The van der Waals surface area contributed by atoms with Gasteiger partial charge in [-0.05, 0) is 25.7 Å². The quantitative estimate of drug-likeness (QED) is 0.731. The highest BCUT2D eigenvalue weighted by Crippen LogP contribution is 2.38. The van der Waals surface area contributed by atoms with Crippen molar-refractivity contribution in [2.24, 2.45) is 0 Å². The Hall–Kier alpha value is -1.92. The Kier molecular flexibility index (Phi) is 3.88. The Balaban J connectivity index is 1.66. The smallest absolute Gasteiger partial charge is 0.242 e. The van der Waals surface area contributed by atoms with Gasteiger partial charge in [0.1, 0.15) is 0 Å². The van der Waals surface area contributed by atoms with E-state index in [2.05, 4.69) is 5.32 Å². The highest BCUT2D eigenvalue weighted by atomic mass is 16.2. The van der Waals surface area contributed by atoms with Crippen LogP contribution in [0.5, 0.6) is 0 Å². The van der Waals surface area contributed by atoms with E-state index >= 15 is 0 Å². The zero-order valence-electron chi connectivity index (χ0n) is 12.7. The summed E-state index contributed by atoms with van der Waals surface area (Å²) in [6, 6.07) is 0.0854. The van der Waals surface area contributed by atoms with Crippen LogP contribution in [0.25, 0.3) is 0 Å². The number of carbonyl (C=O) groups is 4. The second-order valence-corrected chi connectivity index (χ2v) is 6.38. The molecule has 3 saturated heterocycles. The maximum atomic E-state index is 12.3. The summed E-state index contributed by atoms with van der Waals surface area (Å²) in [5.74, 6) is -0.441. The molecule has 3 heterocycles. The first-order chi connectivity index (χ1) is 10.5. The molecule has 4 amide bonds. The van der Waals surface area contributed by atoms with Crippen molar-refractivity contribution in [3.8, 4) is 0 Å². The van der Waals surface area contributed by atoms with E-state index in [1.165, 1.54) is 11.8 Å². The molecule has 0 aromatic rings. The summed E-state index contributed by atoms with van der Waals surface area (Å²) >= 11 is 0. The first-order valence-corrected chi connectivity index (χ1v) is 7.88. The van der Waals surface area contributed by atoms with E-state index in [9.17, 15) is 19.2 Å². The van der Waals surface area contributed by atoms with Crippen molar-refractivity contribution in [1.29, 1.82) is 0 Å². The first kappa shape index (κ1) is 15.0. The Morgan fingerprint density at radius 1 is 1.05 bits per heavy atom. The molecule has 120 valence electrons. The van der Waals surface area contributed by atoms with Crippen LogP contribution in [0.4, 0.5) is 0 Å². The lowest BCUT2D eigenvalue weighted by molar-refractivity contribution is -0.144. The maximum absolute atomic E-state index is 12.3. The minimum absolute atomic E-state index is 0.0224. The third-order valence-corrected chi connectivity index (χ3v) is 4.94. The summed E-state index contributed by atoms with van der Waals surface area (Å²) < 4.78 is 0. The molecule has 0 radical (unpaired) electrons. The number of likely N-dealkylation sites (tertiary alicyclic amines) is 1. The molecule has 7 nitrogen and oxygen atoms in total. The molecule has 0 aromatic heterocycles. The second-order valence-electron chi connectivity index (χ2n) is 6.38. The molecule has 3 aliphatic rings. The van der Waals surface area contributed by atoms with Crippen molar-refractivity contribution in [3.05, 3.63) is 0 Å². The van der Waals surface area contributed by atoms with Gasteiger partial charge in [0.25, 0.3) is 0 Å². The van der Waals surface area contributed by atoms with Gasteiger partial charge in [0.15, 0.2) is 0 Å². The van der Waals surface area contributed by atoms with Crippen molar-refractivity contribution in [2.75, 3.05) is 6.54 Å². The van der Waals surface area contributed by atoms with Crippen LogP contribution in [0.15, 0.2) is 0 Å². The van der Waals surface area contributed by atoms with Crippen LogP contribution in [0.2, 0.25) is 0 Å². The van der Waals surface area contributed by atoms with E-state index in [0.29, 0.717) is 25.7 Å². The molecular weight excluding hydrogens is 286 g/mol. The highest BCUT2D eigenvalue weighted by molar-refractivity contribution is 6.02. The Bertz CT molecular complexity index is 503. The van der Waals surface area contributed by atoms with Crippen LogP contribution in [0.1, 0.15) is 45.4 Å². The number of fused-ring (bicyclic) bond motifs is 2. The van der Waals surface area contributed by atoms with Gasteiger partial charge in [-0.15, -0.1) is 0 Å². The number of nitrogens with one attached hydrogen (secondary N) is 1. The molecule has 2 unspecified atom stereocenters. The Labute approximate surface area is 129 Å². The van der Waals surface area contributed by atoms with Gasteiger partial charge in [-0.3, -0.25) is 24.1 Å². The van der Waals surface area contributed by atoms with E-state index in [0.717, 1.165) is 12.8 Å². The highest BCUT2D eigenvalue weighted by Gasteiger charge is 2.47. The van der Waals surface area contributed by atoms with Gasteiger partial charge in [0.05, 0.1) is 6.54 Å². The lowest BCUT2D eigenvalue weighted by atomic mass is 9.96. The van der Waals surface area contributed by atoms with Gasteiger partial charge in [0.2, 0.25) is 23.6 Å². The maximum Gasteiger partial charge on any atom is 0.242 e. The average Bonchev–Trinajstić information content (AvgIpc) is 2.93. The molecule has 3 fully saturated rings. The Morgan fingerprint density at radius 3 is 2.09 bits per heavy atom. The third kappa shape index (κ3) is 2.60.